The minimum atomic E-state index is -2.59. The molecule has 0 fully saturated rings. The molecule has 0 aliphatic carbocycles. The van der Waals surface area contributed by atoms with E-state index < -0.39 is 10.7 Å². The van der Waals surface area contributed by atoms with Crippen LogP contribution in [0.15, 0.2) is 29.2 Å². The van der Waals surface area contributed by atoms with Gasteiger partial charge in [0, 0.05) is 12.6 Å². The van der Waals surface area contributed by atoms with E-state index in [2.05, 4.69) is 5.32 Å². The molecule has 0 unspecified atom stereocenters. The standard InChI is InChI=1S/C8H9NO3S/c1-6(10)9-7-3-2-4-8(5-7)13(11)12/h2-5,13H,1H3,(H,9,10). The van der Waals surface area contributed by atoms with Crippen molar-refractivity contribution in [2.75, 3.05) is 5.32 Å². The van der Waals surface area contributed by atoms with E-state index in [0.29, 0.717) is 5.69 Å². The third-order valence-corrected chi connectivity index (χ3v) is 2.08. The number of rotatable bonds is 2. The van der Waals surface area contributed by atoms with E-state index in [4.69, 9.17) is 0 Å². The van der Waals surface area contributed by atoms with Gasteiger partial charge in [0.2, 0.25) is 5.91 Å². The molecule has 0 saturated heterocycles. The summed E-state index contributed by atoms with van der Waals surface area (Å²) in [7, 11) is -2.59. The number of carbonyl (C=O) groups excluding carboxylic acids is 1. The molecule has 1 N–H and O–H groups in total. The van der Waals surface area contributed by atoms with E-state index in [1.54, 1.807) is 12.1 Å². The molecule has 0 heterocycles. The highest BCUT2D eigenvalue weighted by Crippen LogP contribution is 2.10. The Labute approximate surface area is 77.5 Å². The van der Waals surface area contributed by atoms with E-state index in [9.17, 15) is 13.2 Å². The van der Waals surface area contributed by atoms with E-state index in [0.717, 1.165) is 0 Å². The lowest BCUT2D eigenvalue weighted by Gasteiger charge is -2.00. The number of hydrogen-bond donors (Lipinski definition) is 2. The van der Waals surface area contributed by atoms with Crippen LogP contribution in [0.5, 0.6) is 0 Å². The first-order valence-corrected chi connectivity index (χ1v) is 4.79. The van der Waals surface area contributed by atoms with Gasteiger partial charge in [-0.25, -0.2) is 8.42 Å². The second-order valence-corrected chi connectivity index (χ2v) is 3.52. The molecule has 70 valence electrons. The van der Waals surface area contributed by atoms with Gasteiger partial charge >= 0.3 is 0 Å². The number of nitrogens with one attached hydrogen (secondary N) is 1. The average molecular weight is 199 g/mol. The minimum absolute atomic E-state index is 0.196. The maximum absolute atomic E-state index is 10.6. The zero-order chi connectivity index (χ0) is 9.84. The predicted octanol–water partition coefficient (Wildman–Crippen LogP) is 0.615. The molecule has 1 aromatic carbocycles. The van der Waals surface area contributed by atoms with Crippen molar-refractivity contribution < 1.29 is 13.2 Å². The van der Waals surface area contributed by atoms with Gasteiger partial charge in [-0.15, -0.1) is 0 Å². The maximum atomic E-state index is 10.6. The quantitative estimate of drug-likeness (QED) is 0.686. The normalized spacial score (nSPS) is 10.0. The van der Waals surface area contributed by atoms with Crippen molar-refractivity contribution in [2.24, 2.45) is 0 Å². The molecule has 0 aliphatic rings. The predicted molar refractivity (Wildman–Crippen MR) is 49.3 cm³/mol. The molecule has 0 bridgehead atoms. The lowest BCUT2D eigenvalue weighted by Crippen LogP contribution is -2.05. The van der Waals surface area contributed by atoms with Crippen molar-refractivity contribution in [1.82, 2.24) is 0 Å². The molecule has 5 heteroatoms. The van der Waals surface area contributed by atoms with Crippen molar-refractivity contribution in [3.8, 4) is 0 Å². The Morgan fingerprint density at radius 2 is 2.08 bits per heavy atom. The summed E-state index contributed by atoms with van der Waals surface area (Å²) < 4.78 is 21.1. The van der Waals surface area contributed by atoms with Crippen LogP contribution in [0.3, 0.4) is 0 Å². The Bertz CT molecular complexity index is 390. The number of carbonyl (C=O) groups is 1. The minimum Gasteiger partial charge on any atom is -0.326 e. The summed E-state index contributed by atoms with van der Waals surface area (Å²) in [6, 6.07) is 6.08. The Kier molecular flexibility index (Phi) is 3.02. The van der Waals surface area contributed by atoms with Gasteiger partial charge in [-0.1, -0.05) is 6.07 Å². The van der Waals surface area contributed by atoms with Crippen molar-refractivity contribution in [2.45, 2.75) is 11.8 Å². The van der Waals surface area contributed by atoms with E-state index in [-0.39, 0.29) is 10.8 Å². The van der Waals surface area contributed by atoms with Crippen molar-refractivity contribution in [3.05, 3.63) is 24.3 Å². The Balaban J connectivity index is 2.98. The molecule has 0 aliphatic heterocycles. The van der Waals surface area contributed by atoms with Crippen LogP contribution in [-0.2, 0) is 15.5 Å². The molecule has 0 atom stereocenters. The highest BCUT2D eigenvalue weighted by atomic mass is 32.2. The zero-order valence-corrected chi connectivity index (χ0v) is 7.88. The lowest BCUT2D eigenvalue weighted by molar-refractivity contribution is -0.114. The summed E-state index contributed by atoms with van der Waals surface area (Å²) in [6.07, 6.45) is 0. The molecular weight excluding hydrogens is 190 g/mol. The monoisotopic (exact) mass is 199 g/mol. The first kappa shape index (κ1) is 9.73. The molecule has 0 spiro atoms. The van der Waals surface area contributed by atoms with Gasteiger partial charge in [0.25, 0.3) is 0 Å². The van der Waals surface area contributed by atoms with Crippen LogP contribution in [0.2, 0.25) is 0 Å². The van der Waals surface area contributed by atoms with Crippen molar-refractivity contribution in [3.63, 3.8) is 0 Å². The summed E-state index contributed by atoms with van der Waals surface area (Å²) in [5.74, 6) is -0.224. The number of hydrogen-bond acceptors (Lipinski definition) is 3. The van der Waals surface area contributed by atoms with Crippen LogP contribution in [-0.4, -0.2) is 14.3 Å². The molecule has 1 amide bonds. The average Bonchev–Trinajstić information content (AvgIpc) is 2.03. The fourth-order valence-electron chi connectivity index (χ4n) is 0.900. The van der Waals surface area contributed by atoms with Gasteiger partial charge in [0.15, 0.2) is 10.7 Å². The highest BCUT2D eigenvalue weighted by molar-refractivity contribution is 7.72. The zero-order valence-electron chi connectivity index (χ0n) is 6.98. The molecule has 0 saturated carbocycles. The summed E-state index contributed by atoms with van der Waals surface area (Å²) in [5.41, 5.74) is 0.490. The first-order chi connectivity index (χ1) is 6.09. The Morgan fingerprint density at radius 1 is 1.38 bits per heavy atom. The molecule has 13 heavy (non-hydrogen) atoms. The van der Waals surface area contributed by atoms with Gasteiger partial charge < -0.3 is 5.32 Å². The number of anilines is 1. The molecular formula is C8H9NO3S. The van der Waals surface area contributed by atoms with Crippen LogP contribution >= 0.6 is 0 Å². The third kappa shape index (κ3) is 2.87. The fourth-order valence-corrected chi connectivity index (χ4v) is 1.35. The van der Waals surface area contributed by atoms with Crippen LogP contribution in [0, 0.1) is 0 Å². The van der Waals surface area contributed by atoms with Crippen molar-refractivity contribution in [1.29, 1.82) is 0 Å². The highest BCUT2D eigenvalue weighted by Gasteiger charge is 1.98. The van der Waals surface area contributed by atoms with E-state index >= 15 is 0 Å². The lowest BCUT2D eigenvalue weighted by atomic mass is 10.3. The third-order valence-electron chi connectivity index (χ3n) is 1.38. The first-order valence-electron chi connectivity index (χ1n) is 3.61. The van der Waals surface area contributed by atoms with Crippen LogP contribution in [0.1, 0.15) is 6.92 Å². The van der Waals surface area contributed by atoms with Crippen LogP contribution in [0.25, 0.3) is 0 Å². The van der Waals surface area contributed by atoms with Gasteiger partial charge in [-0.3, -0.25) is 4.79 Å². The number of benzene rings is 1. The van der Waals surface area contributed by atoms with Gasteiger partial charge in [-0.05, 0) is 18.2 Å². The Hall–Kier alpha value is -1.36. The van der Waals surface area contributed by atoms with Gasteiger partial charge in [0.05, 0.1) is 4.90 Å². The summed E-state index contributed by atoms with van der Waals surface area (Å²) in [5, 5.41) is 2.49. The SMILES string of the molecule is CC(=O)Nc1cccc([SH](=O)=O)c1. The van der Waals surface area contributed by atoms with E-state index in [1.807, 2.05) is 0 Å². The van der Waals surface area contributed by atoms with Crippen LogP contribution < -0.4 is 5.32 Å². The molecule has 0 aromatic heterocycles. The maximum Gasteiger partial charge on any atom is 0.221 e. The van der Waals surface area contributed by atoms with Crippen molar-refractivity contribution >= 4 is 22.3 Å². The van der Waals surface area contributed by atoms with E-state index in [1.165, 1.54) is 19.1 Å². The summed E-state index contributed by atoms with van der Waals surface area (Å²) in [4.78, 5) is 10.8. The van der Waals surface area contributed by atoms with Crippen LogP contribution in [0.4, 0.5) is 5.69 Å². The molecule has 4 nitrogen and oxygen atoms in total. The molecule has 0 radical (unpaired) electrons. The second kappa shape index (κ2) is 4.04. The van der Waals surface area contributed by atoms with Gasteiger partial charge in [-0.2, -0.15) is 0 Å². The summed E-state index contributed by atoms with van der Waals surface area (Å²) in [6.45, 7) is 1.36. The Morgan fingerprint density at radius 3 is 2.62 bits per heavy atom. The molecule has 1 aromatic rings. The number of thiol groups is 1. The number of amides is 1. The second-order valence-electron chi connectivity index (χ2n) is 2.49. The van der Waals surface area contributed by atoms with Gasteiger partial charge in [0.1, 0.15) is 0 Å². The topological polar surface area (TPSA) is 63.2 Å². The molecule has 1 rings (SSSR count). The summed E-state index contributed by atoms with van der Waals surface area (Å²) >= 11 is 0. The largest absolute Gasteiger partial charge is 0.326 e. The smallest absolute Gasteiger partial charge is 0.221 e. The fraction of sp³-hybridized carbons (Fsp3) is 0.125.